The lowest BCUT2D eigenvalue weighted by Crippen LogP contribution is -2.54. The molecule has 0 aromatic carbocycles. The fourth-order valence-corrected chi connectivity index (χ4v) is 2.73. The molecular weight excluding hydrogens is 403 g/mol. The molecule has 0 radical (unpaired) electrons. The van der Waals surface area contributed by atoms with Crippen LogP contribution in [0.5, 0.6) is 0 Å². The summed E-state index contributed by atoms with van der Waals surface area (Å²) in [5.74, 6) is 0.884. The Bertz CT molecular complexity index is 329. The van der Waals surface area contributed by atoms with Gasteiger partial charge in [-0.2, -0.15) is 0 Å². The average molecular weight is 440 g/mol. The quantitative estimate of drug-likeness (QED) is 0.264. The van der Waals surface area contributed by atoms with Gasteiger partial charge in [0.15, 0.2) is 5.96 Å². The number of hydrogen-bond donors (Lipinski definition) is 2. The topological polar surface area (TPSA) is 48.9 Å². The number of nitrogens with zero attached hydrogens (tertiary/aromatic N) is 2. The van der Waals surface area contributed by atoms with E-state index >= 15 is 0 Å². The van der Waals surface area contributed by atoms with Gasteiger partial charge in [0, 0.05) is 32.3 Å². The van der Waals surface area contributed by atoms with Crippen molar-refractivity contribution >= 4 is 29.9 Å². The SMILES string of the molecule is CN=C(NCCCOC(C)C)NCC(C)(C)N1CCCCC1.I. The summed E-state index contributed by atoms with van der Waals surface area (Å²) < 4.78 is 5.54. The van der Waals surface area contributed by atoms with Crippen molar-refractivity contribution < 1.29 is 4.74 Å². The minimum Gasteiger partial charge on any atom is -0.379 e. The molecule has 2 N–H and O–H groups in total. The minimum atomic E-state index is 0. The third kappa shape index (κ3) is 9.72. The van der Waals surface area contributed by atoms with E-state index in [0.29, 0.717) is 6.10 Å². The molecule has 1 aliphatic rings. The zero-order valence-corrected chi connectivity index (χ0v) is 18.0. The fraction of sp³-hybridized carbons (Fsp3) is 0.941. The van der Waals surface area contributed by atoms with Crippen molar-refractivity contribution in [1.29, 1.82) is 0 Å². The lowest BCUT2D eigenvalue weighted by molar-refractivity contribution is 0.0776. The van der Waals surface area contributed by atoms with Gasteiger partial charge in [-0.05, 0) is 60.0 Å². The van der Waals surface area contributed by atoms with Crippen molar-refractivity contribution in [2.24, 2.45) is 4.99 Å². The predicted octanol–water partition coefficient (Wildman–Crippen LogP) is 2.85. The highest BCUT2D eigenvalue weighted by atomic mass is 127. The van der Waals surface area contributed by atoms with E-state index in [1.165, 1.54) is 32.4 Å². The number of halogens is 1. The van der Waals surface area contributed by atoms with Crippen molar-refractivity contribution in [3.63, 3.8) is 0 Å². The summed E-state index contributed by atoms with van der Waals surface area (Å²) in [4.78, 5) is 6.89. The summed E-state index contributed by atoms with van der Waals surface area (Å²) in [6.07, 6.45) is 5.33. The van der Waals surface area contributed by atoms with Crippen LogP contribution in [0.4, 0.5) is 0 Å². The summed E-state index contributed by atoms with van der Waals surface area (Å²) in [7, 11) is 1.83. The van der Waals surface area contributed by atoms with Crippen LogP contribution in [0.3, 0.4) is 0 Å². The van der Waals surface area contributed by atoms with Crippen LogP contribution in [-0.4, -0.2) is 62.3 Å². The Morgan fingerprint density at radius 2 is 1.83 bits per heavy atom. The summed E-state index contributed by atoms with van der Waals surface area (Å²) >= 11 is 0. The zero-order chi connectivity index (χ0) is 16.4. The predicted molar refractivity (Wildman–Crippen MR) is 110 cm³/mol. The number of nitrogens with one attached hydrogen (secondary N) is 2. The van der Waals surface area contributed by atoms with Crippen LogP contribution in [0.2, 0.25) is 0 Å². The second-order valence-electron chi connectivity index (χ2n) is 6.99. The van der Waals surface area contributed by atoms with Crippen molar-refractivity contribution in [2.45, 2.75) is 65.0 Å². The molecule has 1 saturated heterocycles. The molecule has 1 heterocycles. The van der Waals surface area contributed by atoms with Crippen LogP contribution in [0.25, 0.3) is 0 Å². The van der Waals surface area contributed by atoms with Crippen LogP contribution in [0.1, 0.15) is 53.4 Å². The smallest absolute Gasteiger partial charge is 0.191 e. The lowest BCUT2D eigenvalue weighted by atomic mass is 9.98. The highest BCUT2D eigenvalue weighted by molar-refractivity contribution is 14.0. The number of ether oxygens (including phenoxy) is 1. The summed E-state index contributed by atoms with van der Waals surface area (Å²) in [5.41, 5.74) is 0.165. The molecule has 0 aromatic heterocycles. The molecule has 0 saturated carbocycles. The molecule has 1 rings (SSSR count). The van der Waals surface area contributed by atoms with E-state index in [0.717, 1.165) is 32.1 Å². The molecule has 0 aliphatic carbocycles. The van der Waals surface area contributed by atoms with E-state index in [1.54, 1.807) is 0 Å². The highest BCUT2D eigenvalue weighted by Crippen LogP contribution is 2.19. The Labute approximate surface area is 160 Å². The van der Waals surface area contributed by atoms with Gasteiger partial charge in [-0.1, -0.05) is 6.42 Å². The third-order valence-electron chi connectivity index (χ3n) is 4.19. The van der Waals surface area contributed by atoms with E-state index in [-0.39, 0.29) is 29.5 Å². The van der Waals surface area contributed by atoms with Gasteiger partial charge >= 0.3 is 0 Å². The Balaban J connectivity index is 0.00000484. The van der Waals surface area contributed by atoms with Gasteiger partial charge in [-0.25, -0.2) is 0 Å². The molecule has 0 spiro atoms. The Kier molecular flexibility index (Phi) is 12.3. The van der Waals surface area contributed by atoms with Gasteiger partial charge in [0.1, 0.15) is 0 Å². The van der Waals surface area contributed by atoms with Crippen LogP contribution < -0.4 is 10.6 Å². The maximum Gasteiger partial charge on any atom is 0.191 e. The maximum atomic E-state index is 5.54. The van der Waals surface area contributed by atoms with E-state index in [4.69, 9.17) is 4.74 Å². The molecule has 1 fully saturated rings. The summed E-state index contributed by atoms with van der Waals surface area (Å²) in [5, 5.41) is 6.82. The van der Waals surface area contributed by atoms with Gasteiger partial charge in [0.25, 0.3) is 0 Å². The number of aliphatic imine (C=N–C) groups is 1. The summed E-state index contributed by atoms with van der Waals surface area (Å²) in [6.45, 7) is 13.8. The fourth-order valence-electron chi connectivity index (χ4n) is 2.73. The second kappa shape index (κ2) is 12.3. The Hall–Kier alpha value is -0.0800. The second-order valence-corrected chi connectivity index (χ2v) is 6.99. The van der Waals surface area contributed by atoms with Gasteiger partial charge in [0.2, 0.25) is 0 Å². The first-order valence-corrected chi connectivity index (χ1v) is 8.77. The monoisotopic (exact) mass is 440 g/mol. The molecule has 6 heteroatoms. The summed E-state index contributed by atoms with van der Waals surface area (Å²) in [6, 6.07) is 0. The number of piperidine rings is 1. The molecule has 0 atom stereocenters. The van der Waals surface area contributed by atoms with E-state index in [1.807, 2.05) is 7.05 Å². The molecule has 1 aliphatic heterocycles. The number of likely N-dealkylation sites (tertiary alicyclic amines) is 1. The first kappa shape index (κ1) is 22.9. The normalized spacial score (nSPS) is 17.0. The molecule has 138 valence electrons. The van der Waals surface area contributed by atoms with Gasteiger partial charge in [-0.3, -0.25) is 9.89 Å². The molecular formula is C17H37IN4O. The Morgan fingerprint density at radius 1 is 1.17 bits per heavy atom. The van der Waals surface area contributed by atoms with Crippen molar-refractivity contribution in [3.8, 4) is 0 Å². The third-order valence-corrected chi connectivity index (χ3v) is 4.19. The number of rotatable bonds is 8. The van der Waals surface area contributed by atoms with E-state index < -0.39 is 0 Å². The van der Waals surface area contributed by atoms with E-state index in [2.05, 4.69) is 48.2 Å². The van der Waals surface area contributed by atoms with Gasteiger partial charge < -0.3 is 15.4 Å². The van der Waals surface area contributed by atoms with Gasteiger partial charge in [-0.15, -0.1) is 24.0 Å². The lowest BCUT2D eigenvalue weighted by Gasteiger charge is -2.41. The first-order valence-electron chi connectivity index (χ1n) is 8.77. The minimum absolute atomic E-state index is 0. The van der Waals surface area contributed by atoms with Crippen molar-refractivity contribution in [2.75, 3.05) is 39.8 Å². The first-order chi connectivity index (χ1) is 10.5. The average Bonchev–Trinajstić information content (AvgIpc) is 2.50. The van der Waals surface area contributed by atoms with Crippen LogP contribution in [-0.2, 0) is 4.74 Å². The van der Waals surface area contributed by atoms with Crippen molar-refractivity contribution in [1.82, 2.24) is 15.5 Å². The molecule has 0 aromatic rings. The van der Waals surface area contributed by atoms with Crippen LogP contribution >= 0.6 is 24.0 Å². The molecule has 5 nitrogen and oxygen atoms in total. The molecule has 0 bridgehead atoms. The van der Waals surface area contributed by atoms with Crippen LogP contribution in [0, 0.1) is 0 Å². The van der Waals surface area contributed by atoms with E-state index in [9.17, 15) is 0 Å². The number of guanidine groups is 1. The largest absolute Gasteiger partial charge is 0.379 e. The highest BCUT2D eigenvalue weighted by Gasteiger charge is 2.27. The van der Waals surface area contributed by atoms with Crippen molar-refractivity contribution in [3.05, 3.63) is 0 Å². The Morgan fingerprint density at radius 3 is 2.39 bits per heavy atom. The van der Waals surface area contributed by atoms with Gasteiger partial charge in [0.05, 0.1) is 6.10 Å². The molecule has 23 heavy (non-hydrogen) atoms. The van der Waals surface area contributed by atoms with Crippen LogP contribution in [0.15, 0.2) is 4.99 Å². The zero-order valence-electron chi connectivity index (χ0n) is 15.7. The molecule has 0 amide bonds. The molecule has 0 unspecified atom stereocenters. The standard InChI is InChI=1S/C17H36N4O.HI/c1-15(2)22-13-9-10-19-16(18-5)20-14-17(3,4)21-11-7-6-8-12-21;/h15H,6-14H2,1-5H3,(H2,18,19,20);1H. The maximum absolute atomic E-state index is 5.54. The number of hydrogen-bond acceptors (Lipinski definition) is 3.